The van der Waals surface area contributed by atoms with Gasteiger partial charge in [-0.15, -0.1) is 0 Å². The Morgan fingerprint density at radius 1 is 1.17 bits per heavy atom. The fraction of sp³-hybridized carbons (Fsp3) is 0.333. The lowest BCUT2D eigenvalue weighted by Gasteiger charge is -2.12. The van der Waals surface area contributed by atoms with Gasteiger partial charge in [-0.2, -0.15) is 5.10 Å². The van der Waals surface area contributed by atoms with Crippen LogP contribution in [-0.4, -0.2) is 38.7 Å². The topological polar surface area (TPSA) is 94.1 Å². The second-order valence-corrected chi connectivity index (χ2v) is 8.98. The molecule has 1 heterocycles. The number of ether oxygens (including phenoxy) is 2. The molecule has 0 bridgehead atoms. The molecule has 1 fully saturated rings. The largest absolute Gasteiger partial charge is 0.490 e. The van der Waals surface area contributed by atoms with Crippen LogP contribution in [0, 0.1) is 5.92 Å². The SMILES string of the molecule is CCOc1cc(/C=N/NC(=O)C2CCS(=O)(=O)C2)ccc1OCc1ccccc1. The molecule has 154 valence electrons. The van der Waals surface area contributed by atoms with Crippen LogP contribution in [0.25, 0.3) is 0 Å². The van der Waals surface area contributed by atoms with Gasteiger partial charge in [0, 0.05) is 0 Å². The predicted molar refractivity (Wildman–Crippen MR) is 111 cm³/mol. The quantitative estimate of drug-likeness (QED) is 0.527. The van der Waals surface area contributed by atoms with E-state index in [1.165, 1.54) is 6.21 Å². The molecule has 1 atom stereocenters. The third-order valence-electron chi connectivity index (χ3n) is 4.50. The summed E-state index contributed by atoms with van der Waals surface area (Å²) in [5.74, 6) is 0.224. The molecule has 1 saturated heterocycles. The first-order chi connectivity index (χ1) is 14.0. The van der Waals surface area contributed by atoms with Gasteiger partial charge in [0.05, 0.1) is 30.2 Å². The zero-order valence-electron chi connectivity index (χ0n) is 16.2. The molecule has 1 aliphatic rings. The third-order valence-corrected chi connectivity index (χ3v) is 6.26. The van der Waals surface area contributed by atoms with Crippen LogP contribution in [-0.2, 0) is 21.2 Å². The van der Waals surface area contributed by atoms with Crippen LogP contribution in [0.2, 0.25) is 0 Å². The van der Waals surface area contributed by atoms with E-state index in [1.807, 2.05) is 37.3 Å². The molecule has 0 radical (unpaired) electrons. The van der Waals surface area contributed by atoms with E-state index in [1.54, 1.807) is 18.2 Å². The minimum atomic E-state index is -3.10. The highest BCUT2D eigenvalue weighted by molar-refractivity contribution is 7.91. The van der Waals surface area contributed by atoms with Gasteiger partial charge < -0.3 is 9.47 Å². The highest BCUT2D eigenvalue weighted by Gasteiger charge is 2.32. The Kier molecular flexibility index (Phi) is 6.87. The number of hydrazone groups is 1. The van der Waals surface area contributed by atoms with Crippen molar-refractivity contribution in [3.8, 4) is 11.5 Å². The molecule has 0 saturated carbocycles. The van der Waals surface area contributed by atoms with Gasteiger partial charge in [0.2, 0.25) is 5.91 Å². The van der Waals surface area contributed by atoms with Crippen molar-refractivity contribution in [2.45, 2.75) is 20.0 Å². The van der Waals surface area contributed by atoms with Crippen molar-refractivity contribution >= 4 is 22.0 Å². The summed E-state index contributed by atoms with van der Waals surface area (Å²) < 4.78 is 34.5. The molecule has 1 N–H and O–H groups in total. The maximum atomic E-state index is 12.0. The third kappa shape index (κ3) is 6.05. The Morgan fingerprint density at radius 2 is 1.97 bits per heavy atom. The zero-order chi connectivity index (χ0) is 20.7. The van der Waals surface area contributed by atoms with Crippen LogP contribution in [0.4, 0.5) is 0 Å². The van der Waals surface area contributed by atoms with Gasteiger partial charge in [0.15, 0.2) is 21.3 Å². The molecule has 0 spiro atoms. The van der Waals surface area contributed by atoms with E-state index in [0.717, 1.165) is 11.1 Å². The molecular weight excluding hydrogens is 392 g/mol. The molecule has 8 heteroatoms. The van der Waals surface area contributed by atoms with Crippen LogP contribution in [0.5, 0.6) is 11.5 Å². The number of rotatable bonds is 8. The van der Waals surface area contributed by atoms with Crippen molar-refractivity contribution in [1.82, 2.24) is 5.43 Å². The summed E-state index contributed by atoms with van der Waals surface area (Å²) in [6, 6.07) is 15.2. The monoisotopic (exact) mass is 416 g/mol. The first kappa shape index (κ1) is 20.9. The van der Waals surface area contributed by atoms with Crippen LogP contribution in [0.15, 0.2) is 53.6 Å². The van der Waals surface area contributed by atoms with Crippen molar-refractivity contribution in [3.05, 3.63) is 59.7 Å². The summed E-state index contributed by atoms with van der Waals surface area (Å²) in [6.45, 7) is 2.79. The number of carbonyl (C=O) groups excluding carboxylic acids is 1. The van der Waals surface area contributed by atoms with Crippen molar-refractivity contribution in [2.24, 2.45) is 11.0 Å². The van der Waals surface area contributed by atoms with Crippen molar-refractivity contribution in [3.63, 3.8) is 0 Å². The average molecular weight is 416 g/mol. The number of nitrogens with one attached hydrogen (secondary N) is 1. The summed E-state index contributed by atoms with van der Waals surface area (Å²) >= 11 is 0. The minimum absolute atomic E-state index is 0.0525. The summed E-state index contributed by atoms with van der Waals surface area (Å²) in [5.41, 5.74) is 4.19. The van der Waals surface area contributed by atoms with E-state index in [9.17, 15) is 13.2 Å². The van der Waals surface area contributed by atoms with Crippen LogP contribution < -0.4 is 14.9 Å². The smallest absolute Gasteiger partial charge is 0.244 e. The van der Waals surface area contributed by atoms with E-state index in [4.69, 9.17) is 9.47 Å². The highest BCUT2D eigenvalue weighted by Crippen LogP contribution is 2.29. The fourth-order valence-electron chi connectivity index (χ4n) is 2.99. The Hall–Kier alpha value is -2.87. The lowest BCUT2D eigenvalue weighted by atomic mass is 10.1. The summed E-state index contributed by atoms with van der Waals surface area (Å²) in [5, 5.41) is 3.94. The maximum absolute atomic E-state index is 12.0. The lowest BCUT2D eigenvalue weighted by molar-refractivity contribution is -0.124. The Morgan fingerprint density at radius 3 is 2.66 bits per heavy atom. The normalized spacial score (nSPS) is 17.9. The standard InChI is InChI=1S/C21H24N2O5S/c1-2-27-20-12-17(8-9-19(20)28-14-16-6-4-3-5-7-16)13-22-23-21(24)18-10-11-29(25,26)15-18/h3-9,12-13,18H,2,10-11,14-15H2,1H3,(H,23,24)/b22-13+. The summed E-state index contributed by atoms with van der Waals surface area (Å²) in [6.07, 6.45) is 1.83. The maximum Gasteiger partial charge on any atom is 0.244 e. The minimum Gasteiger partial charge on any atom is -0.490 e. The Bertz CT molecular complexity index is 974. The first-order valence-electron chi connectivity index (χ1n) is 9.44. The first-order valence-corrected chi connectivity index (χ1v) is 11.3. The second kappa shape index (κ2) is 9.56. The number of amides is 1. The van der Waals surface area contributed by atoms with Crippen LogP contribution >= 0.6 is 0 Å². The molecule has 7 nitrogen and oxygen atoms in total. The average Bonchev–Trinajstić information content (AvgIpc) is 3.08. The number of benzene rings is 2. The zero-order valence-corrected chi connectivity index (χ0v) is 17.0. The van der Waals surface area contributed by atoms with Gasteiger partial charge in [0.25, 0.3) is 0 Å². The Balaban J connectivity index is 1.61. The number of nitrogens with zero attached hydrogens (tertiary/aromatic N) is 1. The molecule has 29 heavy (non-hydrogen) atoms. The van der Waals surface area contributed by atoms with Gasteiger partial charge in [-0.05, 0) is 42.7 Å². The highest BCUT2D eigenvalue weighted by atomic mass is 32.2. The van der Waals surface area contributed by atoms with E-state index in [-0.39, 0.29) is 17.4 Å². The van der Waals surface area contributed by atoms with E-state index >= 15 is 0 Å². The predicted octanol–water partition coefficient (Wildman–Crippen LogP) is 2.55. The van der Waals surface area contributed by atoms with Crippen molar-refractivity contribution < 1.29 is 22.7 Å². The van der Waals surface area contributed by atoms with Gasteiger partial charge in [-0.3, -0.25) is 4.79 Å². The number of hydrogen-bond donors (Lipinski definition) is 1. The van der Waals surface area contributed by atoms with Gasteiger partial charge in [0.1, 0.15) is 6.61 Å². The van der Waals surface area contributed by atoms with E-state index in [0.29, 0.717) is 31.1 Å². The molecular formula is C21H24N2O5S. The van der Waals surface area contributed by atoms with Crippen molar-refractivity contribution in [2.75, 3.05) is 18.1 Å². The molecule has 3 rings (SSSR count). The van der Waals surface area contributed by atoms with Gasteiger partial charge in [-0.1, -0.05) is 30.3 Å². The molecule has 1 unspecified atom stereocenters. The van der Waals surface area contributed by atoms with E-state index < -0.39 is 15.8 Å². The van der Waals surface area contributed by atoms with E-state index in [2.05, 4.69) is 10.5 Å². The molecule has 1 amide bonds. The molecule has 2 aromatic carbocycles. The second-order valence-electron chi connectivity index (χ2n) is 6.75. The molecule has 2 aromatic rings. The lowest BCUT2D eigenvalue weighted by Crippen LogP contribution is -2.27. The number of hydrogen-bond acceptors (Lipinski definition) is 6. The van der Waals surface area contributed by atoms with Crippen LogP contribution in [0.3, 0.4) is 0 Å². The fourth-order valence-corrected chi connectivity index (χ4v) is 4.73. The number of sulfone groups is 1. The summed E-state index contributed by atoms with van der Waals surface area (Å²) in [7, 11) is -3.10. The summed E-state index contributed by atoms with van der Waals surface area (Å²) in [4.78, 5) is 12.0. The van der Waals surface area contributed by atoms with Crippen molar-refractivity contribution in [1.29, 1.82) is 0 Å². The number of carbonyl (C=O) groups is 1. The van der Waals surface area contributed by atoms with Gasteiger partial charge in [-0.25, -0.2) is 13.8 Å². The Labute approximate surface area is 170 Å². The van der Waals surface area contributed by atoms with Crippen LogP contribution in [0.1, 0.15) is 24.5 Å². The molecule has 0 aliphatic carbocycles. The van der Waals surface area contributed by atoms with Gasteiger partial charge >= 0.3 is 0 Å². The molecule has 1 aliphatic heterocycles. The molecule has 0 aromatic heterocycles.